The number of hydrogen-bond acceptors (Lipinski definition) is 6. The molecule has 0 saturated carbocycles. The standard InChI is InChI=1S/C23H14N2O5/c24-13-16-6-1-2-7-17(16)14-29-18-9-5-8-15(12-18)23(28)30-25-21(26)19-10-3-4-11-20(19)22(25)27/h1-12H,14H2. The number of carbonyl (C=O) groups excluding carboxylic acids is 3. The van der Waals surface area contributed by atoms with Gasteiger partial charge in [0.25, 0.3) is 11.8 Å². The van der Waals surface area contributed by atoms with Crippen molar-refractivity contribution in [1.29, 1.82) is 5.26 Å². The topological polar surface area (TPSA) is 96.7 Å². The molecule has 7 heteroatoms. The number of amides is 2. The number of fused-ring (bicyclic) bond motifs is 1. The zero-order valence-electron chi connectivity index (χ0n) is 15.6. The zero-order chi connectivity index (χ0) is 21.1. The van der Waals surface area contributed by atoms with Gasteiger partial charge in [-0.3, -0.25) is 9.59 Å². The normalized spacial score (nSPS) is 12.3. The molecule has 1 aliphatic rings. The van der Waals surface area contributed by atoms with E-state index in [1.165, 1.54) is 24.3 Å². The van der Waals surface area contributed by atoms with E-state index in [-0.39, 0.29) is 23.3 Å². The van der Waals surface area contributed by atoms with Gasteiger partial charge in [0.2, 0.25) is 0 Å². The molecule has 0 fully saturated rings. The Bertz CT molecular complexity index is 1180. The summed E-state index contributed by atoms with van der Waals surface area (Å²) in [5, 5.41) is 9.61. The maximum atomic E-state index is 12.5. The van der Waals surface area contributed by atoms with Crippen LogP contribution in [0.15, 0.2) is 72.8 Å². The van der Waals surface area contributed by atoms with Gasteiger partial charge in [0, 0.05) is 5.56 Å². The average Bonchev–Trinajstić information content (AvgIpc) is 3.03. The third kappa shape index (κ3) is 3.50. The molecule has 0 bridgehead atoms. The van der Waals surface area contributed by atoms with Crippen molar-refractivity contribution in [3.63, 3.8) is 0 Å². The smallest absolute Gasteiger partial charge is 0.364 e. The van der Waals surface area contributed by atoms with Gasteiger partial charge in [0.1, 0.15) is 12.4 Å². The van der Waals surface area contributed by atoms with E-state index in [0.717, 1.165) is 0 Å². The molecule has 0 N–H and O–H groups in total. The van der Waals surface area contributed by atoms with Crippen LogP contribution in [0.4, 0.5) is 0 Å². The summed E-state index contributed by atoms with van der Waals surface area (Å²) in [6, 6.07) is 21.5. The van der Waals surface area contributed by atoms with Gasteiger partial charge in [-0.2, -0.15) is 5.26 Å². The van der Waals surface area contributed by atoms with Gasteiger partial charge in [-0.25, -0.2) is 4.79 Å². The Balaban J connectivity index is 1.47. The predicted molar refractivity (Wildman–Crippen MR) is 104 cm³/mol. The maximum absolute atomic E-state index is 12.5. The van der Waals surface area contributed by atoms with Crippen LogP contribution >= 0.6 is 0 Å². The van der Waals surface area contributed by atoms with Crippen LogP contribution in [0.3, 0.4) is 0 Å². The molecule has 0 saturated heterocycles. The molecule has 1 aliphatic heterocycles. The third-order valence-electron chi connectivity index (χ3n) is 4.53. The number of rotatable bonds is 5. The summed E-state index contributed by atoms with van der Waals surface area (Å²) >= 11 is 0. The van der Waals surface area contributed by atoms with Crippen molar-refractivity contribution in [3.8, 4) is 11.8 Å². The summed E-state index contributed by atoms with van der Waals surface area (Å²) in [4.78, 5) is 42.2. The molecule has 0 radical (unpaired) electrons. The lowest BCUT2D eigenvalue weighted by atomic mass is 10.1. The molecule has 4 rings (SSSR count). The van der Waals surface area contributed by atoms with E-state index in [1.54, 1.807) is 48.5 Å². The number of ether oxygens (including phenoxy) is 1. The minimum atomic E-state index is -0.868. The Kier molecular flexibility index (Phi) is 4.97. The predicted octanol–water partition coefficient (Wildman–Crippen LogP) is 3.51. The number of nitrogens with zero attached hydrogens (tertiary/aromatic N) is 2. The van der Waals surface area contributed by atoms with Crippen molar-refractivity contribution in [2.24, 2.45) is 0 Å². The zero-order valence-corrected chi connectivity index (χ0v) is 15.6. The van der Waals surface area contributed by atoms with Crippen molar-refractivity contribution in [1.82, 2.24) is 5.06 Å². The number of hydrogen-bond donors (Lipinski definition) is 0. The minimum Gasteiger partial charge on any atom is -0.489 e. The van der Waals surface area contributed by atoms with Crippen LogP contribution in [0.25, 0.3) is 0 Å². The summed E-state index contributed by atoms with van der Waals surface area (Å²) in [5.41, 5.74) is 1.68. The number of imide groups is 1. The van der Waals surface area contributed by atoms with Crippen LogP contribution in [-0.2, 0) is 11.4 Å². The second-order valence-electron chi connectivity index (χ2n) is 6.41. The molecule has 0 aromatic heterocycles. The van der Waals surface area contributed by atoms with Gasteiger partial charge < -0.3 is 9.57 Å². The molecule has 146 valence electrons. The van der Waals surface area contributed by atoms with Crippen LogP contribution in [0.1, 0.15) is 42.2 Å². The quantitative estimate of drug-likeness (QED) is 0.610. The number of nitriles is 1. The maximum Gasteiger partial charge on any atom is 0.364 e. The molecule has 3 aromatic rings. The van der Waals surface area contributed by atoms with Crippen LogP contribution in [0.2, 0.25) is 0 Å². The lowest BCUT2D eigenvalue weighted by molar-refractivity contribution is -0.0584. The van der Waals surface area contributed by atoms with Gasteiger partial charge in [-0.05, 0) is 36.4 Å². The minimum absolute atomic E-state index is 0.109. The highest BCUT2D eigenvalue weighted by Gasteiger charge is 2.38. The van der Waals surface area contributed by atoms with Gasteiger partial charge in [-0.15, -0.1) is 0 Å². The van der Waals surface area contributed by atoms with Gasteiger partial charge in [0.15, 0.2) is 0 Å². The number of benzene rings is 3. The molecular weight excluding hydrogens is 384 g/mol. The van der Waals surface area contributed by atoms with E-state index < -0.39 is 17.8 Å². The van der Waals surface area contributed by atoms with Crippen LogP contribution < -0.4 is 4.74 Å². The van der Waals surface area contributed by atoms with E-state index >= 15 is 0 Å². The Labute approximate surface area is 171 Å². The average molecular weight is 398 g/mol. The highest BCUT2D eigenvalue weighted by atomic mass is 16.7. The van der Waals surface area contributed by atoms with E-state index in [2.05, 4.69) is 6.07 Å². The lowest BCUT2D eigenvalue weighted by Crippen LogP contribution is -2.32. The largest absolute Gasteiger partial charge is 0.489 e. The van der Waals surface area contributed by atoms with Crippen molar-refractivity contribution in [3.05, 3.63) is 101 Å². The monoisotopic (exact) mass is 398 g/mol. The van der Waals surface area contributed by atoms with E-state index in [1.807, 2.05) is 0 Å². The second-order valence-corrected chi connectivity index (χ2v) is 6.41. The Morgan fingerprint density at radius 1 is 0.900 bits per heavy atom. The molecule has 0 unspecified atom stereocenters. The Hall–Kier alpha value is -4.44. The molecular formula is C23H14N2O5. The molecule has 3 aromatic carbocycles. The van der Waals surface area contributed by atoms with Crippen molar-refractivity contribution < 1.29 is 24.0 Å². The second kappa shape index (κ2) is 7.89. The first kappa shape index (κ1) is 18.9. The molecule has 7 nitrogen and oxygen atoms in total. The van der Waals surface area contributed by atoms with Gasteiger partial charge in [-0.1, -0.05) is 41.5 Å². The van der Waals surface area contributed by atoms with Gasteiger partial charge in [0.05, 0.1) is 28.3 Å². The fraction of sp³-hybridized carbons (Fsp3) is 0.0435. The van der Waals surface area contributed by atoms with Gasteiger partial charge >= 0.3 is 5.97 Å². The molecule has 1 heterocycles. The number of hydroxylamine groups is 2. The summed E-state index contributed by atoms with van der Waals surface area (Å²) in [6.07, 6.45) is 0. The summed E-state index contributed by atoms with van der Waals surface area (Å²) < 4.78 is 5.68. The first-order valence-corrected chi connectivity index (χ1v) is 8.99. The highest BCUT2D eigenvalue weighted by molar-refractivity contribution is 6.21. The van der Waals surface area contributed by atoms with Crippen LogP contribution in [0.5, 0.6) is 5.75 Å². The lowest BCUT2D eigenvalue weighted by Gasteiger charge is -2.13. The molecule has 0 spiro atoms. The SMILES string of the molecule is N#Cc1ccccc1COc1cccc(C(=O)ON2C(=O)c3ccccc3C2=O)c1. The fourth-order valence-electron chi connectivity index (χ4n) is 3.01. The Morgan fingerprint density at radius 3 is 2.27 bits per heavy atom. The van der Waals surface area contributed by atoms with Crippen LogP contribution in [0, 0.1) is 11.3 Å². The molecule has 0 atom stereocenters. The highest BCUT2D eigenvalue weighted by Crippen LogP contribution is 2.24. The summed E-state index contributed by atoms with van der Waals surface area (Å²) in [7, 11) is 0. The fourth-order valence-corrected chi connectivity index (χ4v) is 3.01. The van der Waals surface area contributed by atoms with Crippen molar-refractivity contribution in [2.45, 2.75) is 6.61 Å². The molecule has 0 aliphatic carbocycles. The van der Waals surface area contributed by atoms with Crippen LogP contribution in [-0.4, -0.2) is 22.8 Å². The molecule has 2 amide bonds. The van der Waals surface area contributed by atoms with Crippen molar-refractivity contribution >= 4 is 17.8 Å². The Morgan fingerprint density at radius 2 is 1.57 bits per heavy atom. The third-order valence-corrected chi connectivity index (χ3v) is 4.53. The van der Waals surface area contributed by atoms with E-state index in [9.17, 15) is 14.4 Å². The van der Waals surface area contributed by atoms with E-state index in [0.29, 0.717) is 21.9 Å². The first-order valence-electron chi connectivity index (χ1n) is 8.99. The van der Waals surface area contributed by atoms with E-state index in [4.69, 9.17) is 14.8 Å². The summed E-state index contributed by atoms with van der Waals surface area (Å²) in [6.45, 7) is 0.140. The first-order chi connectivity index (χ1) is 14.6. The number of carbonyl (C=O) groups is 3. The summed E-state index contributed by atoms with van der Waals surface area (Å²) in [5.74, 6) is -1.87. The molecule has 30 heavy (non-hydrogen) atoms. The van der Waals surface area contributed by atoms with Crippen molar-refractivity contribution in [2.75, 3.05) is 0 Å².